The van der Waals surface area contributed by atoms with E-state index in [1.165, 1.54) is 6.21 Å². The van der Waals surface area contributed by atoms with E-state index in [-0.39, 0.29) is 11.2 Å². The Morgan fingerprint density at radius 1 is 1.18 bits per heavy atom. The molecule has 0 saturated heterocycles. The summed E-state index contributed by atoms with van der Waals surface area (Å²) >= 11 is 0. The molecule has 2 heteroatoms. The van der Waals surface area contributed by atoms with Gasteiger partial charge in [0, 0.05) is 11.6 Å². The summed E-state index contributed by atoms with van der Waals surface area (Å²) in [6, 6.07) is 0. The molecule has 0 aromatic carbocycles. The molecular formula is C9H17NO. The molecule has 0 rings (SSSR count). The zero-order chi connectivity index (χ0) is 9.28. The molecule has 0 spiro atoms. The summed E-state index contributed by atoms with van der Waals surface area (Å²) in [5.74, 6) is 0.111. The average Bonchev–Trinajstić information content (AvgIpc) is 1.84. The Morgan fingerprint density at radius 3 is 1.64 bits per heavy atom. The lowest BCUT2D eigenvalue weighted by Gasteiger charge is -2.26. The Labute approximate surface area is 68.5 Å². The molecule has 64 valence electrons. The van der Waals surface area contributed by atoms with E-state index >= 15 is 0 Å². The van der Waals surface area contributed by atoms with E-state index in [4.69, 9.17) is 5.41 Å². The fourth-order valence-corrected chi connectivity index (χ4v) is 1.03. The van der Waals surface area contributed by atoms with Crippen molar-refractivity contribution in [3.8, 4) is 0 Å². The monoisotopic (exact) mass is 155 g/mol. The summed E-state index contributed by atoms with van der Waals surface area (Å²) in [6.45, 7) is 9.17. The van der Waals surface area contributed by atoms with E-state index in [9.17, 15) is 4.79 Å². The third-order valence-corrected chi connectivity index (χ3v) is 1.63. The molecule has 0 aliphatic carbocycles. The quantitative estimate of drug-likeness (QED) is 0.610. The van der Waals surface area contributed by atoms with Crippen LogP contribution in [0, 0.1) is 16.2 Å². The zero-order valence-electron chi connectivity index (χ0n) is 7.99. The molecule has 0 heterocycles. The van der Waals surface area contributed by atoms with Crippen molar-refractivity contribution in [1.82, 2.24) is 0 Å². The van der Waals surface area contributed by atoms with Gasteiger partial charge in [-0.1, -0.05) is 20.8 Å². The zero-order valence-corrected chi connectivity index (χ0v) is 7.99. The van der Waals surface area contributed by atoms with Crippen LogP contribution >= 0.6 is 0 Å². The normalized spacial score (nSPS) is 12.8. The molecule has 0 aromatic rings. The van der Waals surface area contributed by atoms with Crippen molar-refractivity contribution in [2.24, 2.45) is 10.8 Å². The average molecular weight is 155 g/mol. The maximum Gasteiger partial charge on any atom is 0.149 e. The molecule has 11 heavy (non-hydrogen) atoms. The summed E-state index contributed by atoms with van der Waals surface area (Å²) in [5.41, 5.74) is -0.959. The molecular weight excluding hydrogens is 138 g/mol. The number of nitrogens with one attached hydrogen (secondary N) is 1. The summed E-state index contributed by atoms with van der Waals surface area (Å²) in [7, 11) is 0. The first-order valence-electron chi connectivity index (χ1n) is 3.78. The van der Waals surface area contributed by atoms with Crippen LogP contribution in [0.5, 0.6) is 0 Å². The fraction of sp³-hybridized carbons (Fsp3) is 0.778. The summed E-state index contributed by atoms with van der Waals surface area (Å²) < 4.78 is 0. The van der Waals surface area contributed by atoms with E-state index in [2.05, 4.69) is 0 Å². The standard InChI is InChI=1S/C9H17NO/c1-8(2,3)7(11)9(4,5)6-10/h6,10H,1-5H3. The maximum atomic E-state index is 11.6. The topological polar surface area (TPSA) is 40.9 Å². The van der Waals surface area contributed by atoms with Crippen LogP contribution in [0.1, 0.15) is 34.6 Å². The van der Waals surface area contributed by atoms with Gasteiger partial charge in [0.15, 0.2) is 0 Å². The molecule has 0 aliphatic rings. The first kappa shape index (κ1) is 10.3. The third-order valence-electron chi connectivity index (χ3n) is 1.63. The SMILES string of the molecule is CC(C)(C)C(=O)C(C)(C)C=N. The van der Waals surface area contributed by atoms with Gasteiger partial charge in [-0.05, 0) is 13.8 Å². The highest BCUT2D eigenvalue weighted by Crippen LogP contribution is 2.26. The Morgan fingerprint density at radius 2 is 1.55 bits per heavy atom. The molecule has 0 aromatic heterocycles. The minimum Gasteiger partial charge on any atom is -0.312 e. The number of Topliss-reactive ketones (excluding diaryl/α,β-unsaturated/α-hetero) is 1. The van der Waals surface area contributed by atoms with Gasteiger partial charge in [0.2, 0.25) is 0 Å². The molecule has 2 nitrogen and oxygen atoms in total. The van der Waals surface area contributed by atoms with Crippen molar-refractivity contribution in [2.45, 2.75) is 34.6 Å². The van der Waals surface area contributed by atoms with E-state index in [0.29, 0.717) is 0 Å². The van der Waals surface area contributed by atoms with Crippen molar-refractivity contribution < 1.29 is 4.79 Å². The van der Waals surface area contributed by atoms with Crippen molar-refractivity contribution in [2.75, 3.05) is 0 Å². The number of carbonyl (C=O) groups excluding carboxylic acids is 1. The predicted octanol–water partition coefficient (Wildman–Crippen LogP) is 2.28. The molecule has 0 aliphatic heterocycles. The first-order chi connectivity index (χ1) is 4.72. The van der Waals surface area contributed by atoms with Crippen LogP contribution in [0.15, 0.2) is 0 Å². The van der Waals surface area contributed by atoms with E-state index in [1.807, 2.05) is 20.8 Å². The third kappa shape index (κ3) is 2.45. The van der Waals surface area contributed by atoms with Crippen LogP contribution in [-0.4, -0.2) is 12.0 Å². The molecule has 0 radical (unpaired) electrons. The van der Waals surface area contributed by atoms with Gasteiger partial charge in [-0.25, -0.2) is 0 Å². The molecule has 1 N–H and O–H groups in total. The van der Waals surface area contributed by atoms with Gasteiger partial charge in [0.05, 0.1) is 5.41 Å². The fourth-order valence-electron chi connectivity index (χ4n) is 1.03. The molecule has 0 bridgehead atoms. The number of rotatable bonds is 2. The molecule has 0 saturated carbocycles. The lowest BCUT2D eigenvalue weighted by Crippen LogP contribution is -2.35. The van der Waals surface area contributed by atoms with Gasteiger partial charge in [0.1, 0.15) is 5.78 Å². The highest BCUT2D eigenvalue weighted by atomic mass is 16.1. The summed E-state index contributed by atoms with van der Waals surface area (Å²) in [4.78, 5) is 11.6. The molecule has 0 atom stereocenters. The minimum absolute atomic E-state index is 0.111. The van der Waals surface area contributed by atoms with Gasteiger partial charge >= 0.3 is 0 Å². The van der Waals surface area contributed by atoms with E-state index in [1.54, 1.807) is 13.8 Å². The van der Waals surface area contributed by atoms with Crippen molar-refractivity contribution >= 4 is 12.0 Å². The van der Waals surface area contributed by atoms with Gasteiger partial charge in [-0.2, -0.15) is 0 Å². The Hall–Kier alpha value is -0.660. The first-order valence-corrected chi connectivity index (χ1v) is 3.78. The highest BCUT2D eigenvalue weighted by Gasteiger charge is 2.34. The number of hydrogen-bond donors (Lipinski definition) is 1. The van der Waals surface area contributed by atoms with Crippen LogP contribution in [0.2, 0.25) is 0 Å². The summed E-state index contributed by atoms with van der Waals surface area (Å²) in [5, 5.41) is 7.07. The maximum absolute atomic E-state index is 11.6. The summed E-state index contributed by atoms with van der Waals surface area (Å²) in [6.07, 6.45) is 1.21. The number of hydrogen-bond acceptors (Lipinski definition) is 2. The predicted molar refractivity (Wildman–Crippen MR) is 47.0 cm³/mol. The van der Waals surface area contributed by atoms with Crippen LogP contribution in [-0.2, 0) is 4.79 Å². The highest BCUT2D eigenvalue weighted by molar-refractivity contribution is 6.00. The lowest BCUT2D eigenvalue weighted by atomic mass is 9.75. The minimum atomic E-state index is -0.613. The van der Waals surface area contributed by atoms with Crippen molar-refractivity contribution in [3.63, 3.8) is 0 Å². The van der Waals surface area contributed by atoms with Crippen LogP contribution in [0.4, 0.5) is 0 Å². The van der Waals surface area contributed by atoms with Crippen LogP contribution in [0.25, 0.3) is 0 Å². The number of ketones is 1. The Kier molecular flexibility index (Phi) is 2.60. The molecule has 0 unspecified atom stereocenters. The second kappa shape index (κ2) is 2.76. The molecule has 0 amide bonds. The van der Waals surface area contributed by atoms with Gasteiger partial charge in [-0.3, -0.25) is 4.79 Å². The van der Waals surface area contributed by atoms with Crippen LogP contribution < -0.4 is 0 Å². The lowest BCUT2D eigenvalue weighted by molar-refractivity contribution is -0.131. The Bertz CT molecular complexity index is 174. The van der Waals surface area contributed by atoms with Crippen molar-refractivity contribution in [3.05, 3.63) is 0 Å². The van der Waals surface area contributed by atoms with Crippen LogP contribution in [0.3, 0.4) is 0 Å². The second-order valence-corrected chi connectivity index (χ2v) is 4.45. The second-order valence-electron chi connectivity index (χ2n) is 4.45. The van der Waals surface area contributed by atoms with E-state index in [0.717, 1.165) is 0 Å². The smallest absolute Gasteiger partial charge is 0.149 e. The molecule has 0 fully saturated rings. The van der Waals surface area contributed by atoms with Crippen molar-refractivity contribution in [1.29, 1.82) is 5.41 Å². The van der Waals surface area contributed by atoms with Gasteiger partial charge < -0.3 is 5.41 Å². The Balaban J connectivity index is 4.63. The van der Waals surface area contributed by atoms with Gasteiger partial charge in [-0.15, -0.1) is 0 Å². The van der Waals surface area contributed by atoms with E-state index < -0.39 is 5.41 Å². The number of carbonyl (C=O) groups is 1. The van der Waals surface area contributed by atoms with Gasteiger partial charge in [0.25, 0.3) is 0 Å². The largest absolute Gasteiger partial charge is 0.312 e.